The topological polar surface area (TPSA) is 58.9 Å². The first-order valence-corrected chi connectivity index (χ1v) is 4.49. The average Bonchev–Trinajstić information content (AvgIpc) is 2.17. The zero-order valence-corrected chi connectivity index (χ0v) is 7.86. The fraction of sp³-hybridized carbons (Fsp3) is 0.400. The summed E-state index contributed by atoms with van der Waals surface area (Å²) in [6.07, 6.45) is -0.772. The Morgan fingerprint density at radius 3 is 2.71 bits per heavy atom. The second kappa shape index (κ2) is 3.38. The maximum atomic E-state index is 9.54. The Labute approximate surface area is 81.7 Å². The van der Waals surface area contributed by atoms with Gasteiger partial charge in [-0.2, -0.15) is 0 Å². The summed E-state index contributed by atoms with van der Waals surface area (Å²) in [5, 5.41) is 19.0. The van der Waals surface area contributed by atoms with E-state index in [0.717, 1.165) is 0 Å². The summed E-state index contributed by atoms with van der Waals surface area (Å²) in [6.45, 7) is 2.51. The highest BCUT2D eigenvalue weighted by Gasteiger charge is 2.21. The standard InChI is InChI=1S/C10H12O4/c1-6(11)9-7(12)2-3-8-10(9)14-5-4-13-8/h2-3,6,11-12H,4-5H2,1H3. The predicted molar refractivity (Wildman–Crippen MR) is 49.7 cm³/mol. The zero-order valence-electron chi connectivity index (χ0n) is 7.86. The second-order valence-electron chi connectivity index (χ2n) is 3.20. The molecule has 4 heteroatoms. The van der Waals surface area contributed by atoms with Crippen molar-refractivity contribution in [2.24, 2.45) is 0 Å². The highest BCUT2D eigenvalue weighted by atomic mass is 16.6. The number of aromatic hydroxyl groups is 1. The molecule has 0 aliphatic carbocycles. The van der Waals surface area contributed by atoms with E-state index >= 15 is 0 Å². The minimum Gasteiger partial charge on any atom is -0.507 e. The second-order valence-corrected chi connectivity index (χ2v) is 3.20. The number of hydrogen-bond acceptors (Lipinski definition) is 4. The van der Waals surface area contributed by atoms with Crippen LogP contribution in [0.5, 0.6) is 17.2 Å². The van der Waals surface area contributed by atoms with Gasteiger partial charge in [0.05, 0.1) is 11.7 Å². The Hall–Kier alpha value is -1.42. The number of fused-ring (bicyclic) bond motifs is 1. The van der Waals surface area contributed by atoms with E-state index in [1.165, 1.54) is 6.07 Å². The van der Waals surface area contributed by atoms with Crippen LogP contribution in [-0.2, 0) is 0 Å². The summed E-state index contributed by atoms with van der Waals surface area (Å²) in [6, 6.07) is 3.13. The van der Waals surface area contributed by atoms with Crippen LogP contribution in [0.4, 0.5) is 0 Å². The van der Waals surface area contributed by atoms with E-state index in [4.69, 9.17) is 9.47 Å². The van der Waals surface area contributed by atoms with E-state index < -0.39 is 6.10 Å². The molecular weight excluding hydrogens is 184 g/mol. The van der Waals surface area contributed by atoms with Gasteiger partial charge in [0.2, 0.25) is 0 Å². The van der Waals surface area contributed by atoms with Crippen LogP contribution in [0, 0.1) is 0 Å². The van der Waals surface area contributed by atoms with Crippen LogP contribution < -0.4 is 9.47 Å². The van der Waals surface area contributed by atoms with Gasteiger partial charge in [-0.05, 0) is 19.1 Å². The first-order valence-electron chi connectivity index (χ1n) is 4.49. The third kappa shape index (κ3) is 1.37. The Balaban J connectivity index is 2.55. The monoisotopic (exact) mass is 196 g/mol. The van der Waals surface area contributed by atoms with Crippen molar-refractivity contribution in [3.63, 3.8) is 0 Å². The molecule has 0 saturated heterocycles. The molecular formula is C10H12O4. The van der Waals surface area contributed by atoms with Gasteiger partial charge in [0.25, 0.3) is 0 Å². The molecule has 1 aromatic rings. The highest BCUT2D eigenvalue weighted by Crippen LogP contribution is 2.41. The molecule has 4 nitrogen and oxygen atoms in total. The lowest BCUT2D eigenvalue weighted by Gasteiger charge is -2.22. The van der Waals surface area contributed by atoms with Crippen molar-refractivity contribution in [1.29, 1.82) is 0 Å². The zero-order chi connectivity index (χ0) is 10.1. The van der Waals surface area contributed by atoms with Gasteiger partial charge in [0.15, 0.2) is 11.5 Å². The lowest BCUT2D eigenvalue weighted by atomic mass is 10.1. The number of phenolic OH excluding ortho intramolecular Hbond substituents is 1. The van der Waals surface area contributed by atoms with E-state index in [1.807, 2.05) is 0 Å². The van der Waals surface area contributed by atoms with Crippen molar-refractivity contribution in [1.82, 2.24) is 0 Å². The van der Waals surface area contributed by atoms with Gasteiger partial charge >= 0.3 is 0 Å². The number of ether oxygens (including phenoxy) is 2. The summed E-state index contributed by atoms with van der Waals surface area (Å²) in [5.74, 6) is 1.06. The molecule has 0 fully saturated rings. The summed E-state index contributed by atoms with van der Waals surface area (Å²) < 4.78 is 10.7. The maximum absolute atomic E-state index is 9.54. The molecule has 1 unspecified atom stereocenters. The van der Waals surface area contributed by atoms with Crippen molar-refractivity contribution in [2.75, 3.05) is 13.2 Å². The Bertz CT molecular complexity index is 346. The lowest BCUT2D eigenvalue weighted by molar-refractivity contribution is 0.150. The van der Waals surface area contributed by atoms with Crippen LogP contribution in [0.3, 0.4) is 0 Å². The Kier molecular flexibility index (Phi) is 2.21. The smallest absolute Gasteiger partial charge is 0.170 e. The molecule has 1 aromatic carbocycles. The molecule has 1 aliphatic heterocycles. The quantitative estimate of drug-likeness (QED) is 0.709. The van der Waals surface area contributed by atoms with Crippen molar-refractivity contribution in [2.45, 2.75) is 13.0 Å². The largest absolute Gasteiger partial charge is 0.507 e. The number of benzene rings is 1. The van der Waals surface area contributed by atoms with E-state index in [-0.39, 0.29) is 5.75 Å². The molecule has 2 N–H and O–H groups in total. The average molecular weight is 196 g/mol. The Morgan fingerprint density at radius 1 is 1.29 bits per heavy atom. The van der Waals surface area contributed by atoms with Crippen molar-refractivity contribution >= 4 is 0 Å². The van der Waals surface area contributed by atoms with Crippen molar-refractivity contribution in [3.05, 3.63) is 17.7 Å². The van der Waals surface area contributed by atoms with Gasteiger partial charge in [-0.1, -0.05) is 0 Å². The van der Waals surface area contributed by atoms with Gasteiger partial charge in [-0.3, -0.25) is 0 Å². The third-order valence-electron chi connectivity index (χ3n) is 2.14. The summed E-state index contributed by atoms with van der Waals surface area (Å²) >= 11 is 0. The molecule has 1 atom stereocenters. The number of rotatable bonds is 1. The van der Waals surface area contributed by atoms with E-state index in [2.05, 4.69) is 0 Å². The molecule has 2 rings (SSSR count). The van der Waals surface area contributed by atoms with Gasteiger partial charge in [0, 0.05) is 0 Å². The molecule has 76 valence electrons. The molecule has 1 aliphatic rings. The van der Waals surface area contributed by atoms with E-state index in [9.17, 15) is 10.2 Å². The van der Waals surface area contributed by atoms with E-state index in [1.54, 1.807) is 13.0 Å². The summed E-state index contributed by atoms with van der Waals surface area (Å²) in [4.78, 5) is 0. The molecule has 14 heavy (non-hydrogen) atoms. The van der Waals surface area contributed by atoms with Crippen LogP contribution in [0.1, 0.15) is 18.6 Å². The van der Waals surface area contributed by atoms with E-state index in [0.29, 0.717) is 30.3 Å². The fourth-order valence-electron chi connectivity index (χ4n) is 1.53. The molecule has 0 amide bonds. The minimum atomic E-state index is -0.772. The molecule has 0 aromatic heterocycles. The number of phenols is 1. The van der Waals surface area contributed by atoms with Gasteiger partial charge in [-0.25, -0.2) is 0 Å². The molecule has 1 heterocycles. The van der Waals surface area contributed by atoms with Gasteiger partial charge in [-0.15, -0.1) is 0 Å². The minimum absolute atomic E-state index is 0.0317. The molecule has 0 saturated carbocycles. The number of aliphatic hydroxyl groups excluding tert-OH is 1. The molecule has 0 radical (unpaired) electrons. The fourth-order valence-corrected chi connectivity index (χ4v) is 1.53. The van der Waals surface area contributed by atoms with Crippen LogP contribution in [-0.4, -0.2) is 23.4 Å². The first kappa shape index (κ1) is 9.15. The highest BCUT2D eigenvalue weighted by molar-refractivity contribution is 5.54. The lowest BCUT2D eigenvalue weighted by Crippen LogP contribution is -2.17. The Morgan fingerprint density at radius 2 is 2.00 bits per heavy atom. The van der Waals surface area contributed by atoms with Crippen LogP contribution in [0.25, 0.3) is 0 Å². The van der Waals surface area contributed by atoms with Crippen LogP contribution in [0.15, 0.2) is 12.1 Å². The third-order valence-corrected chi connectivity index (χ3v) is 2.14. The van der Waals surface area contributed by atoms with Crippen molar-refractivity contribution < 1.29 is 19.7 Å². The SMILES string of the molecule is CC(O)c1c(O)ccc2c1OCCO2. The normalized spacial score (nSPS) is 16.4. The van der Waals surface area contributed by atoms with Crippen LogP contribution in [0.2, 0.25) is 0 Å². The van der Waals surface area contributed by atoms with Crippen molar-refractivity contribution in [3.8, 4) is 17.2 Å². The number of aliphatic hydroxyl groups is 1. The predicted octanol–water partition coefficient (Wildman–Crippen LogP) is 1.22. The van der Waals surface area contributed by atoms with Gasteiger partial charge in [0.1, 0.15) is 19.0 Å². The van der Waals surface area contributed by atoms with Crippen LogP contribution >= 0.6 is 0 Å². The number of hydrogen-bond donors (Lipinski definition) is 2. The molecule has 0 spiro atoms. The summed E-state index contributed by atoms with van der Waals surface area (Å²) in [7, 11) is 0. The molecule has 0 bridgehead atoms. The summed E-state index contributed by atoms with van der Waals surface area (Å²) in [5.41, 5.74) is 0.391. The first-order chi connectivity index (χ1) is 6.70. The maximum Gasteiger partial charge on any atom is 0.170 e. The van der Waals surface area contributed by atoms with Gasteiger partial charge < -0.3 is 19.7 Å².